The maximum absolute atomic E-state index is 12.6. The lowest BCUT2D eigenvalue weighted by Crippen LogP contribution is -2.51. The minimum atomic E-state index is -0.293. The second-order valence-electron chi connectivity index (χ2n) is 6.65. The lowest BCUT2D eigenvalue weighted by molar-refractivity contribution is -0.144. The van der Waals surface area contributed by atoms with Gasteiger partial charge in [-0.1, -0.05) is 23.7 Å². The molecule has 0 radical (unpaired) electrons. The van der Waals surface area contributed by atoms with Crippen LogP contribution in [0.5, 0.6) is 0 Å². The van der Waals surface area contributed by atoms with E-state index in [0.29, 0.717) is 12.6 Å². The lowest BCUT2D eigenvalue weighted by atomic mass is 10.1. The Morgan fingerprint density at radius 3 is 2.50 bits per heavy atom. The van der Waals surface area contributed by atoms with E-state index in [2.05, 4.69) is 24.0 Å². The molecule has 2 heterocycles. The van der Waals surface area contributed by atoms with Crippen LogP contribution in [0, 0.1) is 0 Å². The molecule has 0 aromatic heterocycles. The number of nitrogens with zero attached hydrogens (tertiary/aromatic N) is 2. The van der Waals surface area contributed by atoms with Crippen molar-refractivity contribution in [1.82, 2.24) is 9.80 Å². The van der Waals surface area contributed by atoms with E-state index in [1.54, 1.807) is 0 Å². The summed E-state index contributed by atoms with van der Waals surface area (Å²) in [4.78, 5) is 16.9. The second-order valence-corrected chi connectivity index (χ2v) is 7.09. The van der Waals surface area contributed by atoms with Gasteiger partial charge in [-0.3, -0.25) is 9.69 Å². The first-order valence-corrected chi connectivity index (χ1v) is 9.10. The van der Waals surface area contributed by atoms with Crippen molar-refractivity contribution < 1.29 is 9.53 Å². The smallest absolute Gasteiger partial charge is 0.251 e. The molecule has 0 aliphatic carbocycles. The molecule has 24 heavy (non-hydrogen) atoms. The molecular weight excluding hydrogens is 326 g/mol. The molecule has 1 aromatic carbocycles. The predicted octanol–water partition coefficient (Wildman–Crippen LogP) is 2.05. The summed E-state index contributed by atoms with van der Waals surface area (Å²) in [6, 6.07) is 8.33. The van der Waals surface area contributed by atoms with Crippen molar-refractivity contribution in [2.24, 2.45) is 5.73 Å². The first kappa shape index (κ1) is 17.7. The van der Waals surface area contributed by atoms with Gasteiger partial charge >= 0.3 is 0 Å². The summed E-state index contributed by atoms with van der Waals surface area (Å²) in [6.45, 7) is 5.96. The Labute approximate surface area is 148 Å². The highest BCUT2D eigenvalue weighted by Crippen LogP contribution is 2.25. The first-order valence-electron chi connectivity index (χ1n) is 8.72. The van der Waals surface area contributed by atoms with Gasteiger partial charge in [0, 0.05) is 43.8 Å². The van der Waals surface area contributed by atoms with Crippen LogP contribution in [0.15, 0.2) is 24.3 Å². The van der Waals surface area contributed by atoms with E-state index in [1.807, 2.05) is 17.0 Å². The number of piperazine rings is 1. The third-order valence-electron chi connectivity index (χ3n) is 5.17. The maximum atomic E-state index is 12.6. The van der Waals surface area contributed by atoms with Crippen molar-refractivity contribution in [3.63, 3.8) is 0 Å². The van der Waals surface area contributed by atoms with Gasteiger partial charge in [-0.15, -0.1) is 0 Å². The molecule has 0 saturated carbocycles. The zero-order chi connectivity index (χ0) is 17.1. The third kappa shape index (κ3) is 3.91. The van der Waals surface area contributed by atoms with E-state index in [4.69, 9.17) is 22.1 Å². The highest BCUT2D eigenvalue weighted by atomic mass is 35.5. The molecule has 5 nitrogen and oxygen atoms in total. The molecule has 132 valence electrons. The lowest BCUT2D eigenvalue weighted by Gasteiger charge is -2.39. The van der Waals surface area contributed by atoms with Gasteiger partial charge in [0.25, 0.3) is 5.91 Å². The molecule has 1 unspecified atom stereocenters. The van der Waals surface area contributed by atoms with Crippen LogP contribution in [0.1, 0.15) is 31.4 Å². The molecule has 3 rings (SSSR count). The number of nitrogens with two attached hydrogens (primary N) is 1. The minimum Gasteiger partial charge on any atom is -0.364 e. The molecule has 6 heteroatoms. The van der Waals surface area contributed by atoms with Crippen molar-refractivity contribution >= 4 is 17.5 Å². The summed E-state index contributed by atoms with van der Waals surface area (Å²) in [7, 11) is 0. The molecule has 2 saturated heterocycles. The fourth-order valence-electron chi connectivity index (χ4n) is 3.55. The Bertz CT molecular complexity index is 558. The zero-order valence-electron chi connectivity index (χ0n) is 14.2. The van der Waals surface area contributed by atoms with Crippen LogP contribution in [0.3, 0.4) is 0 Å². The average Bonchev–Trinajstić information content (AvgIpc) is 3.10. The van der Waals surface area contributed by atoms with Gasteiger partial charge < -0.3 is 15.4 Å². The fourth-order valence-corrected chi connectivity index (χ4v) is 3.67. The highest BCUT2D eigenvalue weighted by molar-refractivity contribution is 6.30. The number of carbonyl (C=O) groups excluding carboxylic acids is 1. The molecule has 1 aromatic rings. The van der Waals surface area contributed by atoms with Gasteiger partial charge in [0.15, 0.2) is 0 Å². The maximum Gasteiger partial charge on any atom is 0.251 e. The molecule has 2 fully saturated rings. The Morgan fingerprint density at radius 1 is 1.25 bits per heavy atom. The van der Waals surface area contributed by atoms with E-state index < -0.39 is 0 Å². The summed E-state index contributed by atoms with van der Waals surface area (Å²) in [6.07, 6.45) is 1.44. The second kappa shape index (κ2) is 7.83. The van der Waals surface area contributed by atoms with Crippen LogP contribution >= 0.6 is 11.6 Å². The standard InChI is InChI=1S/C18H26ClN3O2/c1-13(14-2-4-15(19)5-3-14)21-8-10-22(11-9-21)18(23)17-7-6-16(12-20)24-17/h2-5,13,16-17H,6-12,20H2,1H3/t13?,16-,17+/m1/s1. The van der Waals surface area contributed by atoms with E-state index >= 15 is 0 Å². The molecule has 0 spiro atoms. The summed E-state index contributed by atoms with van der Waals surface area (Å²) in [5.74, 6) is 0.129. The van der Waals surface area contributed by atoms with E-state index in [-0.39, 0.29) is 18.1 Å². The minimum absolute atomic E-state index is 0.0464. The van der Waals surface area contributed by atoms with E-state index in [9.17, 15) is 4.79 Å². The Morgan fingerprint density at radius 2 is 1.92 bits per heavy atom. The summed E-state index contributed by atoms with van der Waals surface area (Å²) in [5.41, 5.74) is 6.88. The SMILES string of the molecule is CC(c1ccc(Cl)cc1)N1CCN(C(=O)[C@@H]2CC[C@H](CN)O2)CC1. The van der Waals surface area contributed by atoms with Crippen molar-refractivity contribution in [2.45, 2.75) is 38.0 Å². The number of rotatable bonds is 4. The molecule has 3 atom stereocenters. The number of halogens is 1. The van der Waals surface area contributed by atoms with Crippen molar-refractivity contribution in [2.75, 3.05) is 32.7 Å². The van der Waals surface area contributed by atoms with Crippen LogP contribution in [-0.2, 0) is 9.53 Å². The van der Waals surface area contributed by atoms with Gasteiger partial charge in [-0.05, 0) is 37.5 Å². The first-order chi connectivity index (χ1) is 11.6. The quantitative estimate of drug-likeness (QED) is 0.902. The summed E-state index contributed by atoms with van der Waals surface area (Å²) in [5, 5.41) is 0.758. The Hall–Kier alpha value is -1.14. The number of ether oxygens (including phenoxy) is 1. The van der Waals surface area contributed by atoms with Gasteiger partial charge in [0.05, 0.1) is 6.10 Å². The zero-order valence-corrected chi connectivity index (χ0v) is 14.9. The van der Waals surface area contributed by atoms with Crippen LogP contribution < -0.4 is 5.73 Å². The van der Waals surface area contributed by atoms with Gasteiger partial charge in [-0.25, -0.2) is 0 Å². The molecule has 2 N–H and O–H groups in total. The third-order valence-corrected chi connectivity index (χ3v) is 5.42. The molecule has 2 aliphatic heterocycles. The summed E-state index contributed by atoms with van der Waals surface area (Å²) >= 11 is 5.96. The number of amides is 1. The van der Waals surface area contributed by atoms with Crippen molar-refractivity contribution in [1.29, 1.82) is 0 Å². The van der Waals surface area contributed by atoms with Crippen LogP contribution in [-0.4, -0.2) is 60.6 Å². The Balaban J connectivity index is 1.52. The highest BCUT2D eigenvalue weighted by Gasteiger charge is 2.34. The number of benzene rings is 1. The fraction of sp³-hybridized carbons (Fsp3) is 0.611. The molecule has 2 aliphatic rings. The van der Waals surface area contributed by atoms with Crippen LogP contribution in [0.2, 0.25) is 5.02 Å². The van der Waals surface area contributed by atoms with Gasteiger partial charge in [-0.2, -0.15) is 0 Å². The number of carbonyl (C=O) groups is 1. The molecule has 0 bridgehead atoms. The van der Waals surface area contributed by atoms with Crippen molar-refractivity contribution in [3.05, 3.63) is 34.9 Å². The number of hydrogen-bond donors (Lipinski definition) is 1. The van der Waals surface area contributed by atoms with Crippen LogP contribution in [0.25, 0.3) is 0 Å². The normalized spacial score (nSPS) is 26.5. The topological polar surface area (TPSA) is 58.8 Å². The molecule has 1 amide bonds. The summed E-state index contributed by atoms with van der Waals surface area (Å²) < 4.78 is 5.74. The predicted molar refractivity (Wildman–Crippen MR) is 95.0 cm³/mol. The monoisotopic (exact) mass is 351 g/mol. The largest absolute Gasteiger partial charge is 0.364 e. The average molecular weight is 352 g/mol. The van der Waals surface area contributed by atoms with Crippen molar-refractivity contribution in [3.8, 4) is 0 Å². The van der Waals surface area contributed by atoms with Gasteiger partial charge in [0.2, 0.25) is 0 Å². The Kier molecular flexibility index (Phi) is 5.76. The number of hydrogen-bond acceptors (Lipinski definition) is 4. The molecular formula is C18H26ClN3O2. The van der Waals surface area contributed by atoms with E-state index in [0.717, 1.165) is 44.0 Å². The van der Waals surface area contributed by atoms with Gasteiger partial charge in [0.1, 0.15) is 6.10 Å². The van der Waals surface area contributed by atoms with Crippen LogP contribution in [0.4, 0.5) is 0 Å². The van der Waals surface area contributed by atoms with E-state index in [1.165, 1.54) is 5.56 Å².